The second kappa shape index (κ2) is 14.6. The number of pyridine rings is 2. The number of hydrogen-bond acceptors (Lipinski definition) is 7. The molecule has 2 aromatic heterocycles. The lowest BCUT2D eigenvalue weighted by Gasteiger charge is -2.11. The van der Waals surface area contributed by atoms with E-state index in [1.165, 1.54) is 11.3 Å². The number of hydrogen-bond donors (Lipinski definition) is 0. The zero-order chi connectivity index (χ0) is 28.0. The SMILES string of the molecule is CN(C)c1ccc(N=Cc2ccccn2)cc1.Cc1ccc(N=Nc2ccc(N=Cc3ccccn3)cc2)cc1. The lowest BCUT2D eigenvalue weighted by Crippen LogP contribution is -2.07. The van der Waals surface area contributed by atoms with Gasteiger partial charge in [-0.25, -0.2) is 0 Å². The summed E-state index contributed by atoms with van der Waals surface area (Å²) in [7, 11) is 4.04. The van der Waals surface area contributed by atoms with Crippen molar-refractivity contribution in [3.8, 4) is 0 Å². The van der Waals surface area contributed by atoms with E-state index in [9.17, 15) is 0 Å². The van der Waals surface area contributed by atoms with Crippen molar-refractivity contribution in [1.29, 1.82) is 0 Å². The van der Waals surface area contributed by atoms with Crippen molar-refractivity contribution in [2.75, 3.05) is 19.0 Å². The molecule has 0 saturated heterocycles. The topological polar surface area (TPSA) is 78.5 Å². The van der Waals surface area contributed by atoms with E-state index in [4.69, 9.17) is 0 Å². The van der Waals surface area contributed by atoms with Crippen LogP contribution in [0, 0.1) is 6.92 Å². The summed E-state index contributed by atoms with van der Waals surface area (Å²) in [6.45, 7) is 2.05. The number of anilines is 1. The molecule has 0 fully saturated rings. The summed E-state index contributed by atoms with van der Waals surface area (Å²) in [6.07, 6.45) is 7.01. The van der Waals surface area contributed by atoms with Crippen LogP contribution in [-0.2, 0) is 0 Å². The second-order valence-corrected chi connectivity index (χ2v) is 8.99. The van der Waals surface area contributed by atoms with Gasteiger partial charge in [-0.3, -0.25) is 20.0 Å². The predicted octanol–water partition coefficient (Wildman–Crippen LogP) is 8.45. The highest BCUT2D eigenvalue weighted by atomic mass is 15.1. The Morgan fingerprint density at radius 2 is 0.950 bits per heavy atom. The summed E-state index contributed by atoms with van der Waals surface area (Å²) in [5.41, 5.74) is 7.49. The largest absolute Gasteiger partial charge is 0.378 e. The van der Waals surface area contributed by atoms with Gasteiger partial charge in [-0.1, -0.05) is 29.8 Å². The predicted molar refractivity (Wildman–Crippen MR) is 166 cm³/mol. The van der Waals surface area contributed by atoms with E-state index >= 15 is 0 Å². The average molecular weight is 526 g/mol. The van der Waals surface area contributed by atoms with Gasteiger partial charge in [0, 0.05) is 32.2 Å². The van der Waals surface area contributed by atoms with Crippen LogP contribution in [0.15, 0.2) is 142 Å². The Balaban J connectivity index is 0.000000194. The standard InChI is InChI=1S/C19H16N4.C14H15N3/c1-15-5-7-17(8-6-15)22-23-18-11-9-16(10-12-18)21-14-19-4-2-3-13-20-19;1-17(2)14-8-6-12(7-9-14)16-11-13-5-3-4-10-15-13/h2-14H,1H3;3-11H,1-2H3. The molecule has 7 heteroatoms. The van der Waals surface area contributed by atoms with Crippen LogP contribution in [-0.4, -0.2) is 36.5 Å². The Bertz CT molecular complexity index is 1530. The highest BCUT2D eigenvalue weighted by molar-refractivity contribution is 5.80. The fourth-order valence-corrected chi connectivity index (χ4v) is 3.36. The molecule has 0 atom stereocenters. The van der Waals surface area contributed by atoms with Crippen molar-refractivity contribution in [3.63, 3.8) is 0 Å². The van der Waals surface area contributed by atoms with Gasteiger partial charge in [0.25, 0.3) is 0 Å². The maximum atomic E-state index is 4.39. The highest BCUT2D eigenvalue weighted by Crippen LogP contribution is 2.22. The summed E-state index contributed by atoms with van der Waals surface area (Å²) in [6, 6.07) is 35.1. The zero-order valence-electron chi connectivity index (χ0n) is 22.8. The molecular formula is C33H31N7. The summed E-state index contributed by atoms with van der Waals surface area (Å²) >= 11 is 0. The number of nitrogens with zero attached hydrogens (tertiary/aromatic N) is 7. The Morgan fingerprint density at radius 1 is 0.525 bits per heavy atom. The normalized spacial score (nSPS) is 11.1. The van der Waals surface area contributed by atoms with Crippen molar-refractivity contribution in [3.05, 3.63) is 139 Å². The summed E-state index contributed by atoms with van der Waals surface area (Å²) < 4.78 is 0. The van der Waals surface area contributed by atoms with Gasteiger partial charge in [-0.05, 0) is 91.9 Å². The molecule has 2 heterocycles. The molecule has 5 aromatic rings. The lowest BCUT2D eigenvalue weighted by molar-refractivity contribution is 1.13. The minimum Gasteiger partial charge on any atom is -0.378 e. The molecule has 0 bridgehead atoms. The molecule has 0 aliphatic heterocycles. The molecule has 0 aliphatic carbocycles. The first-order valence-corrected chi connectivity index (χ1v) is 12.8. The van der Waals surface area contributed by atoms with Crippen LogP contribution in [0.3, 0.4) is 0 Å². The quantitative estimate of drug-likeness (QED) is 0.158. The van der Waals surface area contributed by atoms with E-state index in [0.717, 1.165) is 34.1 Å². The first-order chi connectivity index (χ1) is 19.5. The van der Waals surface area contributed by atoms with Gasteiger partial charge < -0.3 is 4.90 Å². The van der Waals surface area contributed by atoms with Crippen molar-refractivity contribution < 1.29 is 0 Å². The van der Waals surface area contributed by atoms with E-state index in [1.54, 1.807) is 24.8 Å². The van der Waals surface area contributed by atoms with Gasteiger partial charge in [0.2, 0.25) is 0 Å². The smallest absolute Gasteiger partial charge is 0.0858 e. The molecule has 0 saturated carbocycles. The minimum atomic E-state index is 0.794. The van der Waals surface area contributed by atoms with Crippen LogP contribution in [0.1, 0.15) is 17.0 Å². The van der Waals surface area contributed by atoms with Crippen molar-refractivity contribution >= 4 is 40.9 Å². The summed E-state index contributed by atoms with van der Waals surface area (Å²) in [5.74, 6) is 0. The van der Waals surface area contributed by atoms with E-state index in [1.807, 2.05) is 130 Å². The first kappa shape index (κ1) is 27.7. The Hall–Kier alpha value is -5.30. The molecule has 5 rings (SSSR count). The zero-order valence-corrected chi connectivity index (χ0v) is 22.8. The van der Waals surface area contributed by atoms with E-state index in [2.05, 4.69) is 35.1 Å². The first-order valence-electron chi connectivity index (χ1n) is 12.8. The molecule has 0 N–H and O–H groups in total. The Kier molecular flexibility index (Phi) is 10.1. The third-order valence-electron chi connectivity index (χ3n) is 5.60. The van der Waals surface area contributed by atoms with Crippen LogP contribution in [0.4, 0.5) is 28.4 Å². The molecule has 0 unspecified atom stereocenters. The molecule has 198 valence electrons. The van der Waals surface area contributed by atoms with Crippen LogP contribution in [0.25, 0.3) is 0 Å². The van der Waals surface area contributed by atoms with Gasteiger partial charge in [0.05, 0.1) is 46.6 Å². The van der Waals surface area contributed by atoms with Crippen LogP contribution in [0.5, 0.6) is 0 Å². The number of aromatic nitrogens is 2. The third-order valence-corrected chi connectivity index (χ3v) is 5.60. The number of benzene rings is 3. The molecule has 0 spiro atoms. The number of rotatable bonds is 7. The third kappa shape index (κ3) is 9.22. The molecule has 0 amide bonds. The molecule has 0 aliphatic rings. The number of aryl methyl sites for hydroxylation is 1. The maximum absolute atomic E-state index is 4.39. The van der Waals surface area contributed by atoms with E-state index in [0.29, 0.717) is 0 Å². The van der Waals surface area contributed by atoms with Gasteiger partial charge >= 0.3 is 0 Å². The van der Waals surface area contributed by atoms with Gasteiger partial charge in [-0.15, -0.1) is 0 Å². The Morgan fingerprint density at radius 3 is 1.38 bits per heavy atom. The van der Waals surface area contributed by atoms with Gasteiger partial charge in [0.1, 0.15) is 0 Å². The minimum absolute atomic E-state index is 0.794. The molecule has 7 nitrogen and oxygen atoms in total. The highest BCUT2D eigenvalue weighted by Gasteiger charge is 1.95. The average Bonchev–Trinajstić information content (AvgIpc) is 3.01. The Labute approximate surface area is 235 Å². The summed E-state index contributed by atoms with van der Waals surface area (Å²) in [5, 5.41) is 8.44. The lowest BCUT2D eigenvalue weighted by atomic mass is 10.2. The monoisotopic (exact) mass is 525 g/mol. The number of azo groups is 1. The van der Waals surface area contributed by atoms with Gasteiger partial charge in [-0.2, -0.15) is 10.2 Å². The van der Waals surface area contributed by atoms with E-state index < -0.39 is 0 Å². The molecular weight excluding hydrogens is 494 g/mol. The van der Waals surface area contributed by atoms with Gasteiger partial charge in [0.15, 0.2) is 0 Å². The fourth-order valence-electron chi connectivity index (χ4n) is 3.36. The number of aliphatic imine (C=N–C) groups is 2. The molecule has 3 aromatic carbocycles. The van der Waals surface area contributed by atoms with E-state index in [-0.39, 0.29) is 0 Å². The van der Waals surface area contributed by atoms with Crippen LogP contribution >= 0.6 is 0 Å². The molecule has 40 heavy (non-hydrogen) atoms. The second-order valence-electron chi connectivity index (χ2n) is 8.99. The van der Waals surface area contributed by atoms with Crippen molar-refractivity contribution in [2.45, 2.75) is 6.92 Å². The summed E-state index contributed by atoms with van der Waals surface area (Å²) in [4.78, 5) is 19.2. The van der Waals surface area contributed by atoms with Crippen molar-refractivity contribution in [1.82, 2.24) is 9.97 Å². The van der Waals surface area contributed by atoms with Crippen molar-refractivity contribution in [2.24, 2.45) is 20.2 Å². The maximum Gasteiger partial charge on any atom is 0.0858 e. The molecule has 0 radical (unpaired) electrons. The fraction of sp³-hybridized carbons (Fsp3) is 0.0909. The van der Waals surface area contributed by atoms with Crippen LogP contribution < -0.4 is 4.90 Å². The van der Waals surface area contributed by atoms with Crippen LogP contribution in [0.2, 0.25) is 0 Å².